The molecule has 1 aromatic heterocycles. The van der Waals surface area contributed by atoms with Gasteiger partial charge in [0.05, 0.1) is 0 Å². The van der Waals surface area contributed by atoms with Gasteiger partial charge in [0, 0.05) is 18.0 Å². The second kappa shape index (κ2) is 4.77. The van der Waals surface area contributed by atoms with Crippen molar-refractivity contribution in [2.45, 2.75) is 13.0 Å². The Hall–Kier alpha value is -2.18. The molecule has 0 saturated heterocycles. The van der Waals surface area contributed by atoms with Gasteiger partial charge in [-0.1, -0.05) is 30.2 Å². The van der Waals surface area contributed by atoms with Crippen molar-refractivity contribution in [3.8, 4) is 23.7 Å². The number of aliphatic hydroxyl groups excluding tert-OH is 1. The molecule has 0 aliphatic carbocycles. The Labute approximate surface area is 100 Å². The topological polar surface area (TPSA) is 46.0 Å². The largest absolute Gasteiger partial charge is 0.376 e. The summed E-state index contributed by atoms with van der Waals surface area (Å²) in [5.74, 6) is 2.94. The molecule has 1 unspecified atom stereocenters. The summed E-state index contributed by atoms with van der Waals surface area (Å²) in [4.78, 5) is 8.46. The van der Waals surface area contributed by atoms with Crippen LogP contribution in [-0.2, 0) is 0 Å². The lowest BCUT2D eigenvalue weighted by atomic mass is 10.1. The van der Waals surface area contributed by atoms with E-state index in [4.69, 9.17) is 6.42 Å². The first-order valence-electron chi connectivity index (χ1n) is 5.24. The van der Waals surface area contributed by atoms with Gasteiger partial charge in [0.25, 0.3) is 0 Å². The molecule has 3 heteroatoms. The molecule has 1 heterocycles. The van der Waals surface area contributed by atoms with Crippen molar-refractivity contribution in [1.29, 1.82) is 0 Å². The SMILES string of the molecule is C#CC(O)c1ccc(-c2ncc(C)cn2)cc1. The molecule has 17 heavy (non-hydrogen) atoms. The minimum atomic E-state index is -0.858. The zero-order valence-corrected chi connectivity index (χ0v) is 9.46. The second-order valence-corrected chi connectivity index (χ2v) is 3.78. The average Bonchev–Trinajstić information content (AvgIpc) is 2.39. The van der Waals surface area contributed by atoms with E-state index >= 15 is 0 Å². The maximum atomic E-state index is 9.46. The van der Waals surface area contributed by atoms with E-state index in [0.717, 1.165) is 11.1 Å². The number of aryl methyl sites for hydroxylation is 1. The summed E-state index contributed by atoms with van der Waals surface area (Å²) in [7, 11) is 0. The second-order valence-electron chi connectivity index (χ2n) is 3.78. The number of terminal acetylenes is 1. The van der Waals surface area contributed by atoms with Crippen molar-refractivity contribution in [2.75, 3.05) is 0 Å². The molecule has 0 saturated carbocycles. The monoisotopic (exact) mass is 224 g/mol. The quantitative estimate of drug-likeness (QED) is 0.795. The normalized spacial score (nSPS) is 11.8. The van der Waals surface area contributed by atoms with Crippen LogP contribution in [0.15, 0.2) is 36.7 Å². The summed E-state index contributed by atoms with van der Waals surface area (Å²) in [6, 6.07) is 7.26. The fourth-order valence-corrected chi connectivity index (χ4v) is 1.45. The highest BCUT2D eigenvalue weighted by atomic mass is 16.3. The highest BCUT2D eigenvalue weighted by molar-refractivity contribution is 5.55. The number of benzene rings is 1. The minimum absolute atomic E-state index is 0.664. The van der Waals surface area contributed by atoms with Crippen LogP contribution in [0.25, 0.3) is 11.4 Å². The zero-order valence-electron chi connectivity index (χ0n) is 9.46. The predicted molar refractivity (Wildman–Crippen MR) is 66.0 cm³/mol. The molecule has 3 nitrogen and oxygen atoms in total. The molecule has 2 aromatic rings. The van der Waals surface area contributed by atoms with Crippen LogP contribution in [-0.4, -0.2) is 15.1 Å². The lowest BCUT2D eigenvalue weighted by molar-refractivity contribution is 0.238. The molecule has 0 radical (unpaired) electrons. The first-order chi connectivity index (χ1) is 8.20. The average molecular weight is 224 g/mol. The molecule has 0 fully saturated rings. The molecule has 84 valence electrons. The lowest BCUT2D eigenvalue weighted by Gasteiger charge is -2.05. The van der Waals surface area contributed by atoms with E-state index < -0.39 is 6.10 Å². The Bertz CT molecular complexity index is 538. The first kappa shape index (κ1) is 11.3. The summed E-state index contributed by atoms with van der Waals surface area (Å²) in [6.45, 7) is 1.94. The fraction of sp³-hybridized carbons (Fsp3) is 0.143. The van der Waals surface area contributed by atoms with Crippen molar-refractivity contribution in [1.82, 2.24) is 9.97 Å². The van der Waals surface area contributed by atoms with Gasteiger partial charge >= 0.3 is 0 Å². The summed E-state index contributed by atoms with van der Waals surface area (Å²) in [5.41, 5.74) is 2.62. The Morgan fingerprint density at radius 2 is 1.76 bits per heavy atom. The summed E-state index contributed by atoms with van der Waals surface area (Å²) < 4.78 is 0. The van der Waals surface area contributed by atoms with Crippen LogP contribution in [0.4, 0.5) is 0 Å². The van der Waals surface area contributed by atoms with Crippen LogP contribution < -0.4 is 0 Å². The van der Waals surface area contributed by atoms with Gasteiger partial charge in [-0.3, -0.25) is 0 Å². The van der Waals surface area contributed by atoms with Crippen molar-refractivity contribution in [3.05, 3.63) is 47.8 Å². The van der Waals surface area contributed by atoms with Crippen molar-refractivity contribution in [2.24, 2.45) is 0 Å². The van der Waals surface area contributed by atoms with Gasteiger partial charge < -0.3 is 5.11 Å². The van der Waals surface area contributed by atoms with Gasteiger partial charge in [0.15, 0.2) is 5.82 Å². The standard InChI is InChI=1S/C14H12N2O/c1-3-13(17)11-4-6-12(7-5-11)14-15-8-10(2)9-16-14/h1,4-9,13,17H,2H3. The number of rotatable bonds is 2. The molecule has 0 aliphatic rings. The highest BCUT2D eigenvalue weighted by Gasteiger charge is 2.04. The smallest absolute Gasteiger partial charge is 0.159 e. The summed E-state index contributed by atoms with van der Waals surface area (Å²) >= 11 is 0. The molecule has 1 aromatic carbocycles. The highest BCUT2D eigenvalue weighted by Crippen LogP contribution is 2.18. The number of aromatic nitrogens is 2. The van der Waals surface area contributed by atoms with Gasteiger partial charge in [-0.05, 0) is 18.1 Å². The third-order valence-electron chi connectivity index (χ3n) is 2.42. The van der Waals surface area contributed by atoms with Crippen LogP contribution in [0.1, 0.15) is 17.2 Å². The van der Waals surface area contributed by atoms with E-state index in [1.165, 1.54) is 0 Å². The van der Waals surface area contributed by atoms with E-state index in [1.807, 2.05) is 19.1 Å². The third kappa shape index (κ3) is 2.49. The van der Waals surface area contributed by atoms with Crippen LogP contribution in [0.3, 0.4) is 0 Å². The van der Waals surface area contributed by atoms with Crippen LogP contribution in [0.2, 0.25) is 0 Å². The molecule has 1 atom stereocenters. The summed E-state index contributed by atoms with van der Waals surface area (Å²) in [6.07, 6.45) is 7.83. The van der Waals surface area contributed by atoms with Crippen LogP contribution in [0, 0.1) is 19.3 Å². The van der Waals surface area contributed by atoms with E-state index in [2.05, 4.69) is 15.9 Å². The first-order valence-corrected chi connectivity index (χ1v) is 5.24. The molecule has 0 spiro atoms. The maximum absolute atomic E-state index is 9.46. The van der Waals surface area contributed by atoms with Crippen LogP contribution in [0.5, 0.6) is 0 Å². The van der Waals surface area contributed by atoms with E-state index in [1.54, 1.807) is 24.5 Å². The Kier molecular flexibility index (Phi) is 3.17. The van der Waals surface area contributed by atoms with Gasteiger partial charge in [0.1, 0.15) is 6.10 Å². The van der Waals surface area contributed by atoms with Gasteiger partial charge in [-0.25, -0.2) is 9.97 Å². The van der Waals surface area contributed by atoms with Crippen molar-refractivity contribution >= 4 is 0 Å². The van der Waals surface area contributed by atoms with Gasteiger partial charge in [-0.2, -0.15) is 0 Å². The van der Waals surface area contributed by atoms with Crippen LogP contribution >= 0.6 is 0 Å². The van der Waals surface area contributed by atoms with E-state index in [9.17, 15) is 5.11 Å². The van der Waals surface area contributed by atoms with Crippen molar-refractivity contribution in [3.63, 3.8) is 0 Å². The van der Waals surface area contributed by atoms with E-state index in [0.29, 0.717) is 11.4 Å². The number of hydrogen-bond donors (Lipinski definition) is 1. The molecule has 0 aliphatic heterocycles. The molecule has 1 N–H and O–H groups in total. The van der Waals surface area contributed by atoms with Crippen molar-refractivity contribution < 1.29 is 5.11 Å². The molecular weight excluding hydrogens is 212 g/mol. The Balaban J connectivity index is 2.30. The van der Waals surface area contributed by atoms with E-state index in [-0.39, 0.29) is 0 Å². The maximum Gasteiger partial charge on any atom is 0.159 e. The lowest BCUT2D eigenvalue weighted by Crippen LogP contribution is -1.94. The number of aliphatic hydroxyl groups is 1. The Morgan fingerprint density at radius 3 is 2.29 bits per heavy atom. The zero-order chi connectivity index (χ0) is 12.3. The summed E-state index contributed by atoms with van der Waals surface area (Å²) in [5, 5.41) is 9.46. The molecule has 0 bridgehead atoms. The Morgan fingerprint density at radius 1 is 1.18 bits per heavy atom. The predicted octanol–water partition coefficient (Wildman–Crippen LogP) is 2.12. The molecule has 0 amide bonds. The molecule has 2 rings (SSSR count). The molecular formula is C14H12N2O. The minimum Gasteiger partial charge on any atom is -0.376 e. The van der Waals surface area contributed by atoms with Gasteiger partial charge in [0.2, 0.25) is 0 Å². The third-order valence-corrected chi connectivity index (χ3v) is 2.42. The number of hydrogen-bond acceptors (Lipinski definition) is 3. The van der Waals surface area contributed by atoms with Gasteiger partial charge in [-0.15, -0.1) is 6.42 Å². The number of nitrogens with zero attached hydrogens (tertiary/aromatic N) is 2. The fourth-order valence-electron chi connectivity index (χ4n) is 1.45.